The van der Waals surface area contributed by atoms with Gasteiger partial charge in [-0.1, -0.05) is 0 Å². The average Bonchev–Trinajstić information content (AvgIpc) is 2.64. The maximum absolute atomic E-state index is 10.6. The first kappa shape index (κ1) is 11.7. The molecule has 92 valence electrons. The van der Waals surface area contributed by atoms with Crippen LogP contribution in [-0.2, 0) is 0 Å². The minimum absolute atomic E-state index is 0.0636. The minimum Gasteiger partial charge on any atom is -0.393 e. The maximum Gasteiger partial charge on any atom is 0.292 e. The Labute approximate surface area is 99.1 Å². The summed E-state index contributed by atoms with van der Waals surface area (Å²) in [5.41, 5.74) is 12.5. The van der Waals surface area contributed by atoms with E-state index in [4.69, 9.17) is 11.5 Å². The first-order valence-electron chi connectivity index (χ1n) is 5.64. The van der Waals surface area contributed by atoms with Crippen molar-refractivity contribution in [2.75, 3.05) is 11.1 Å². The molecular weight excluding hydrogens is 220 g/mol. The summed E-state index contributed by atoms with van der Waals surface area (Å²) in [6.45, 7) is 0. The second-order valence-corrected chi connectivity index (χ2v) is 4.38. The van der Waals surface area contributed by atoms with E-state index in [0.29, 0.717) is 0 Å². The summed E-state index contributed by atoms with van der Waals surface area (Å²) in [5, 5.41) is 13.9. The normalized spacial score (nSPS) is 23.6. The number of nitrogens with zero attached hydrogens (tertiary/aromatic N) is 1. The van der Waals surface area contributed by atoms with Crippen molar-refractivity contribution < 1.29 is 4.92 Å². The van der Waals surface area contributed by atoms with Crippen molar-refractivity contribution in [3.63, 3.8) is 0 Å². The highest BCUT2D eigenvalue weighted by Gasteiger charge is 2.23. The molecule has 6 heteroatoms. The SMILES string of the molecule is Nc1cc(NC2CCCC2N)ccc1[N+](=O)[O-]. The van der Waals surface area contributed by atoms with Crippen molar-refractivity contribution in [1.29, 1.82) is 0 Å². The fraction of sp³-hybridized carbons (Fsp3) is 0.455. The number of nitrogens with one attached hydrogen (secondary N) is 1. The lowest BCUT2D eigenvalue weighted by Crippen LogP contribution is -2.35. The molecule has 2 atom stereocenters. The van der Waals surface area contributed by atoms with Crippen LogP contribution in [0, 0.1) is 10.1 Å². The summed E-state index contributed by atoms with van der Waals surface area (Å²) < 4.78 is 0. The van der Waals surface area contributed by atoms with Gasteiger partial charge in [0.25, 0.3) is 5.69 Å². The lowest BCUT2D eigenvalue weighted by atomic mass is 10.1. The molecule has 0 saturated heterocycles. The zero-order valence-corrected chi connectivity index (χ0v) is 9.43. The van der Waals surface area contributed by atoms with Gasteiger partial charge < -0.3 is 16.8 Å². The van der Waals surface area contributed by atoms with Crippen molar-refractivity contribution in [2.45, 2.75) is 31.3 Å². The van der Waals surface area contributed by atoms with Gasteiger partial charge in [-0.25, -0.2) is 0 Å². The van der Waals surface area contributed by atoms with E-state index < -0.39 is 4.92 Å². The number of benzene rings is 1. The Balaban J connectivity index is 2.12. The molecule has 1 fully saturated rings. The number of hydrogen-bond donors (Lipinski definition) is 3. The molecule has 17 heavy (non-hydrogen) atoms. The number of hydrogen-bond acceptors (Lipinski definition) is 5. The number of nitro groups is 1. The highest BCUT2D eigenvalue weighted by Crippen LogP contribution is 2.27. The molecule has 0 aromatic heterocycles. The van der Waals surface area contributed by atoms with Gasteiger partial charge in [-0.2, -0.15) is 0 Å². The molecule has 1 aliphatic carbocycles. The molecule has 1 aromatic rings. The predicted molar refractivity (Wildman–Crippen MR) is 66.7 cm³/mol. The Kier molecular flexibility index (Phi) is 3.14. The highest BCUT2D eigenvalue weighted by atomic mass is 16.6. The summed E-state index contributed by atoms with van der Waals surface area (Å²) in [5.74, 6) is 0. The van der Waals surface area contributed by atoms with Crippen molar-refractivity contribution in [2.24, 2.45) is 5.73 Å². The van der Waals surface area contributed by atoms with E-state index in [1.807, 2.05) is 0 Å². The molecule has 0 spiro atoms. The van der Waals surface area contributed by atoms with Gasteiger partial charge in [0.05, 0.1) is 4.92 Å². The topological polar surface area (TPSA) is 107 Å². The number of anilines is 2. The van der Waals surface area contributed by atoms with Gasteiger partial charge in [0.1, 0.15) is 5.69 Å². The third kappa shape index (κ3) is 2.47. The van der Waals surface area contributed by atoms with Gasteiger partial charge in [0.2, 0.25) is 0 Å². The number of nitrogens with two attached hydrogens (primary N) is 2. The van der Waals surface area contributed by atoms with Crippen LogP contribution >= 0.6 is 0 Å². The van der Waals surface area contributed by atoms with Gasteiger partial charge in [-0.15, -0.1) is 0 Å². The van der Waals surface area contributed by atoms with Crippen molar-refractivity contribution in [3.05, 3.63) is 28.3 Å². The number of rotatable bonds is 3. The Morgan fingerprint density at radius 2 is 2.18 bits per heavy atom. The molecule has 0 radical (unpaired) electrons. The van der Waals surface area contributed by atoms with Crippen LogP contribution in [-0.4, -0.2) is 17.0 Å². The van der Waals surface area contributed by atoms with E-state index in [9.17, 15) is 10.1 Å². The molecule has 0 amide bonds. The van der Waals surface area contributed by atoms with Crippen molar-refractivity contribution in [1.82, 2.24) is 0 Å². The third-order valence-electron chi connectivity index (χ3n) is 3.15. The van der Waals surface area contributed by atoms with Gasteiger partial charge in [0.15, 0.2) is 0 Å². The van der Waals surface area contributed by atoms with Crippen LogP contribution in [0.4, 0.5) is 17.1 Å². The lowest BCUT2D eigenvalue weighted by molar-refractivity contribution is -0.383. The van der Waals surface area contributed by atoms with Crippen LogP contribution in [0.1, 0.15) is 19.3 Å². The van der Waals surface area contributed by atoms with Crippen LogP contribution in [0.15, 0.2) is 18.2 Å². The monoisotopic (exact) mass is 236 g/mol. The minimum atomic E-state index is -0.486. The highest BCUT2D eigenvalue weighted by molar-refractivity contribution is 5.66. The molecule has 1 saturated carbocycles. The molecule has 6 nitrogen and oxygen atoms in total. The molecule has 2 rings (SSSR count). The van der Waals surface area contributed by atoms with Crippen molar-refractivity contribution >= 4 is 17.1 Å². The summed E-state index contributed by atoms with van der Waals surface area (Å²) in [4.78, 5) is 10.1. The van der Waals surface area contributed by atoms with E-state index in [0.717, 1.165) is 24.9 Å². The average molecular weight is 236 g/mol. The molecule has 1 aliphatic rings. The first-order chi connectivity index (χ1) is 8.08. The molecule has 5 N–H and O–H groups in total. The van der Waals surface area contributed by atoms with Crippen LogP contribution in [0.25, 0.3) is 0 Å². The van der Waals surface area contributed by atoms with E-state index in [2.05, 4.69) is 5.32 Å². The molecule has 0 bridgehead atoms. The third-order valence-corrected chi connectivity index (χ3v) is 3.15. The quantitative estimate of drug-likeness (QED) is 0.418. The Bertz CT molecular complexity index is 435. The van der Waals surface area contributed by atoms with E-state index in [1.165, 1.54) is 6.07 Å². The largest absolute Gasteiger partial charge is 0.393 e. The fourth-order valence-electron chi connectivity index (χ4n) is 2.19. The van der Waals surface area contributed by atoms with Gasteiger partial charge in [-0.3, -0.25) is 10.1 Å². The van der Waals surface area contributed by atoms with Crippen LogP contribution < -0.4 is 16.8 Å². The van der Waals surface area contributed by atoms with Crippen LogP contribution in [0.5, 0.6) is 0 Å². The first-order valence-corrected chi connectivity index (χ1v) is 5.64. The predicted octanol–water partition coefficient (Wildman–Crippen LogP) is 1.47. The zero-order valence-electron chi connectivity index (χ0n) is 9.43. The van der Waals surface area contributed by atoms with E-state index in [-0.39, 0.29) is 23.5 Å². The fourth-order valence-corrected chi connectivity index (χ4v) is 2.19. The summed E-state index contributed by atoms with van der Waals surface area (Å²) in [6.07, 6.45) is 3.15. The van der Waals surface area contributed by atoms with E-state index in [1.54, 1.807) is 12.1 Å². The lowest BCUT2D eigenvalue weighted by Gasteiger charge is -2.18. The molecule has 0 aliphatic heterocycles. The molecular formula is C11H16N4O2. The van der Waals surface area contributed by atoms with Crippen LogP contribution in [0.3, 0.4) is 0 Å². The Morgan fingerprint density at radius 3 is 2.71 bits per heavy atom. The van der Waals surface area contributed by atoms with Gasteiger partial charge in [0, 0.05) is 23.8 Å². The molecule has 2 unspecified atom stereocenters. The van der Waals surface area contributed by atoms with E-state index >= 15 is 0 Å². The summed E-state index contributed by atoms with van der Waals surface area (Å²) in [6, 6.07) is 5.04. The molecule has 1 aromatic carbocycles. The summed E-state index contributed by atoms with van der Waals surface area (Å²) in [7, 11) is 0. The Hall–Kier alpha value is -1.82. The zero-order chi connectivity index (χ0) is 12.4. The maximum atomic E-state index is 10.6. The van der Waals surface area contributed by atoms with Gasteiger partial charge in [-0.05, 0) is 31.4 Å². The molecule has 0 heterocycles. The van der Waals surface area contributed by atoms with Gasteiger partial charge >= 0.3 is 0 Å². The Morgan fingerprint density at radius 1 is 1.41 bits per heavy atom. The van der Waals surface area contributed by atoms with Crippen molar-refractivity contribution in [3.8, 4) is 0 Å². The standard InChI is InChI=1S/C11H16N4O2/c12-8-2-1-3-10(8)14-7-4-5-11(15(16)17)9(13)6-7/h4-6,8,10,14H,1-3,12-13H2. The number of nitro benzene ring substituents is 1. The second-order valence-electron chi connectivity index (χ2n) is 4.38. The second kappa shape index (κ2) is 4.58. The smallest absolute Gasteiger partial charge is 0.292 e. The number of nitrogen functional groups attached to an aromatic ring is 1. The summed E-state index contributed by atoms with van der Waals surface area (Å²) >= 11 is 0. The van der Waals surface area contributed by atoms with Crippen LogP contribution in [0.2, 0.25) is 0 Å².